The molecule has 0 atom stereocenters. The Balaban J connectivity index is 2.40. The van der Waals surface area contributed by atoms with E-state index in [2.05, 4.69) is 36.9 Å². The minimum absolute atomic E-state index is 0.552. The lowest BCUT2D eigenvalue weighted by Crippen LogP contribution is -1.93. The lowest BCUT2D eigenvalue weighted by Gasteiger charge is -1.94. The van der Waals surface area contributed by atoms with Crippen LogP contribution in [0.15, 0.2) is 44.2 Å². The first-order chi connectivity index (χ1) is 5.86. The van der Waals surface area contributed by atoms with Gasteiger partial charge >= 0.3 is 0 Å². The molecule has 59 valence electrons. The van der Waals surface area contributed by atoms with Crippen LogP contribution in [-0.2, 0) is 0 Å². The molecule has 0 saturated heterocycles. The van der Waals surface area contributed by atoms with Crippen molar-refractivity contribution >= 4 is 21.8 Å². The van der Waals surface area contributed by atoms with Crippen molar-refractivity contribution in [1.82, 2.24) is 5.53 Å². The van der Waals surface area contributed by atoms with Gasteiger partial charge in [0.2, 0.25) is 5.84 Å². The van der Waals surface area contributed by atoms with Crippen molar-refractivity contribution < 1.29 is 0 Å². The topological polar surface area (TPSA) is 51.2 Å². The number of halogens is 1. The standard InChI is InChI=1S/C7H4BrN4/c8-6-3-1-2-5(4-6)7-9-11-12-10-7/h1-4H. The third-order valence-corrected chi connectivity index (χ3v) is 1.89. The summed E-state index contributed by atoms with van der Waals surface area (Å²) in [5, 5.41) is 10.9. The second-order valence-corrected chi connectivity index (χ2v) is 3.13. The Hall–Kier alpha value is -1.23. The molecule has 1 aliphatic rings. The van der Waals surface area contributed by atoms with Gasteiger partial charge in [-0.2, -0.15) is 0 Å². The molecular weight excluding hydrogens is 220 g/mol. The van der Waals surface area contributed by atoms with E-state index in [4.69, 9.17) is 0 Å². The molecule has 5 heteroatoms. The van der Waals surface area contributed by atoms with Gasteiger partial charge in [0.05, 0.1) is 0 Å². The van der Waals surface area contributed by atoms with E-state index in [0.717, 1.165) is 10.0 Å². The van der Waals surface area contributed by atoms with Gasteiger partial charge in [0, 0.05) is 10.0 Å². The van der Waals surface area contributed by atoms with Crippen LogP contribution in [-0.4, -0.2) is 5.84 Å². The van der Waals surface area contributed by atoms with Crippen molar-refractivity contribution in [3.8, 4) is 0 Å². The van der Waals surface area contributed by atoms with E-state index in [9.17, 15) is 0 Å². The molecule has 0 saturated carbocycles. The normalized spacial score (nSPS) is 14.2. The van der Waals surface area contributed by atoms with Crippen LogP contribution in [0.25, 0.3) is 0 Å². The molecule has 1 radical (unpaired) electrons. The Bertz CT molecular complexity index is 358. The van der Waals surface area contributed by atoms with Crippen LogP contribution in [0.5, 0.6) is 0 Å². The summed E-state index contributed by atoms with van der Waals surface area (Å²) in [4.78, 5) is 0. The van der Waals surface area contributed by atoms with Crippen LogP contribution < -0.4 is 5.53 Å². The van der Waals surface area contributed by atoms with Gasteiger partial charge in [-0.25, -0.2) is 0 Å². The van der Waals surface area contributed by atoms with Crippen molar-refractivity contribution in [1.29, 1.82) is 0 Å². The van der Waals surface area contributed by atoms with Gasteiger partial charge in [0.1, 0.15) is 0 Å². The van der Waals surface area contributed by atoms with E-state index in [1.165, 1.54) is 0 Å². The maximum Gasteiger partial charge on any atom is 0.207 e. The number of nitrogens with zero attached hydrogens (tertiary/aromatic N) is 4. The molecule has 0 aliphatic carbocycles. The van der Waals surface area contributed by atoms with Crippen LogP contribution in [0, 0.1) is 0 Å². The Kier molecular flexibility index (Phi) is 1.87. The highest BCUT2D eigenvalue weighted by atomic mass is 79.9. The number of amidine groups is 1. The van der Waals surface area contributed by atoms with Crippen LogP contribution >= 0.6 is 15.9 Å². The van der Waals surface area contributed by atoms with Crippen molar-refractivity contribution in [3.63, 3.8) is 0 Å². The second-order valence-electron chi connectivity index (χ2n) is 2.21. The minimum Gasteiger partial charge on any atom is -0.106 e. The fourth-order valence-corrected chi connectivity index (χ4v) is 1.29. The average molecular weight is 224 g/mol. The molecule has 1 heterocycles. The number of hydrogen-bond acceptors (Lipinski definition) is 3. The van der Waals surface area contributed by atoms with E-state index in [1.807, 2.05) is 24.3 Å². The highest BCUT2D eigenvalue weighted by molar-refractivity contribution is 9.10. The Morgan fingerprint density at radius 1 is 1.25 bits per heavy atom. The molecule has 1 aromatic carbocycles. The first kappa shape index (κ1) is 7.42. The molecule has 4 nitrogen and oxygen atoms in total. The summed E-state index contributed by atoms with van der Waals surface area (Å²) in [5.74, 6) is 0.552. The molecule has 12 heavy (non-hydrogen) atoms. The van der Waals surface area contributed by atoms with Gasteiger partial charge in [-0.05, 0) is 22.9 Å². The molecule has 1 aliphatic heterocycles. The van der Waals surface area contributed by atoms with Crippen LogP contribution in [0.4, 0.5) is 0 Å². The zero-order valence-corrected chi connectivity index (χ0v) is 7.56. The molecule has 0 amide bonds. The van der Waals surface area contributed by atoms with Crippen LogP contribution in [0.1, 0.15) is 5.56 Å². The first-order valence-electron chi connectivity index (χ1n) is 3.31. The third kappa shape index (κ3) is 1.35. The zero-order valence-electron chi connectivity index (χ0n) is 5.98. The number of hydrogen-bond donors (Lipinski definition) is 0. The van der Waals surface area contributed by atoms with Gasteiger partial charge in [-0.15, -0.1) is 10.2 Å². The van der Waals surface area contributed by atoms with E-state index in [1.54, 1.807) is 0 Å². The zero-order chi connectivity index (χ0) is 8.39. The molecule has 2 rings (SSSR count). The monoisotopic (exact) mass is 223 g/mol. The van der Waals surface area contributed by atoms with Crippen molar-refractivity contribution in [2.45, 2.75) is 0 Å². The summed E-state index contributed by atoms with van der Waals surface area (Å²) < 4.78 is 0.991. The van der Waals surface area contributed by atoms with Crippen LogP contribution in [0.3, 0.4) is 0 Å². The molecule has 1 aromatic rings. The van der Waals surface area contributed by atoms with Crippen molar-refractivity contribution in [2.24, 2.45) is 15.4 Å². The fraction of sp³-hybridized carbons (Fsp3) is 0. The maximum absolute atomic E-state index is 3.73. The second kappa shape index (κ2) is 3.02. The predicted molar refractivity (Wildman–Crippen MR) is 47.7 cm³/mol. The highest BCUT2D eigenvalue weighted by Crippen LogP contribution is 2.13. The Morgan fingerprint density at radius 2 is 2.17 bits per heavy atom. The number of benzene rings is 1. The maximum atomic E-state index is 3.73. The summed E-state index contributed by atoms with van der Waals surface area (Å²) in [6, 6.07) is 7.67. The SMILES string of the molecule is Brc1cccc(C2=N[N]N=N2)c1. The summed E-state index contributed by atoms with van der Waals surface area (Å²) in [5.41, 5.74) is 4.31. The lowest BCUT2D eigenvalue weighted by atomic mass is 10.2. The highest BCUT2D eigenvalue weighted by Gasteiger charge is 2.06. The van der Waals surface area contributed by atoms with Gasteiger partial charge in [-0.3, -0.25) is 0 Å². The third-order valence-electron chi connectivity index (χ3n) is 1.40. The van der Waals surface area contributed by atoms with Crippen LogP contribution in [0.2, 0.25) is 0 Å². The Morgan fingerprint density at radius 3 is 2.83 bits per heavy atom. The van der Waals surface area contributed by atoms with E-state index >= 15 is 0 Å². The summed E-state index contributed by atoms with van der Waals surface area (Å²) in [7, 11) is 0. The quantitative estimate of drug-likeness (QED) is 0.701. The smallest absolute Gasteiger partial charge is 0.106 e. The molecule has 0 bridgehead atoms. The van der Waals surface area contributed by atoms with E-state index in [0.29, 0.717) is 5.84 Å². The summed E-state index contributed by atoms with van der Waals surface area (Å²) >= 11 is 3.35. The lowest BCUT2D eigenvalue weighted by molar-refractivity contribution is 0.780. The molecule has 0 aromatic heterocycles. The van der Waals surface area contributed by atoms with Crippen molar-refractivity contribution in [2.75, 3.05) is 0 Å². The largest absolute Gasteiger partial charge is 0.207 e. The van der Waals surface area contributed by atoms with Gasteiger partial charge in [0.15, 0.2) is 0 Å². The molecule has 0 spiro atoms. The van der Waals surface area contributed by atoms with Gasteiger partial charge in [0.25, 0.3) is 0 Å². The van der Waals surface area contributed by atoms with E-state index in [-0.39, 0.29) is 0 Å². The van der Waals surface area contributed by atoms with Gasteiger partial charge in [-0.1, -0.05) is 28.1 Å². The predicted octanol–water partition coefficient (Wildman–Crippen LogP) is 2.10. The Labute approximate surface area is 77.5 Å². The molecule has 0 unspecified atom stereocenters. The molecule has 0 fully saturated rings. The van der Waals surface area contributed by atoms with Crippen molar-refractivity contribution in [3.05, 3.63) is 34.3 Å². The summed E-state index contributed by atoms with van der Waals surface area (Å²) in [6.07, 6.45) is 0. The van der Waals surface area contributed by atoms with E-state index < -0.39 is 0 Å². The molecule has 0 N–H and O–H groups in total. The first-order valence-corrected chi connectivity index (χ1v) is 4.10. The van der Waals surface area contributed by atoms with Gasteiger partial charge < -0.3 is 0 Å². The molecular formula is C7H4BrN4. The average Bonchev–Trinajstić information content (AvgIpc) is 2.56. The number of rotatable bonds is 1. The fourth-order valence-electron chi connectivity index (χ4n) is 0.888. The minimum atomic E-state index is 0.552. The summed E-state index contributed by atoms with van der Waals surface area (Å²) in [6.45, 7) is 0.